The second-order valence-corrected chi connectivity index (χ2v) is 4.98. The van der Waals surface area contributed by atoms with Gasteiger partial charge in [0.05, 0.1) is 23.2 Å². The summed E-state index contributed by atoms with van der Waals surface area (Å²) in [5.41, 5.74) is 8.37. The van der Waals surface area contributed by atoms with Crippen molar-refractivity contribution < 1.29 is 5.11 Å². The number of imidazole rings is 1. The summed E-state index contributed by atoms with van der Waals surface area (Å²) in [6, 6.07) is 5.78. The van der Waals surface area contributed by atoms with Crippen LogP contribution >= 0.6 is 0 Å². The Labute approximate surface area is 100 Å². The summed E-state index contributed by atoms with van der Waals surface area (Å²) in [7, 11) is 0. The fraction of sp³-hybridized carbons (Fsp3) is 0.462. The summed E-state index contributed by atoms with van der Waals surface area (Å²) < 4.78 is 2.19. The molecule has 0 aliphatic heterocycles. The van der Waals surface area contributed by atoms with E-state index in [-0.39, 0.29) is 12.1 Å². The Balaban J connectivity index is 2.25. The van der Waals surface area contributed by atoms with Gasteiger partial charge in [0.15, 0.2) is 0 Å². The molecule has 1 heterocycles. The number of benzene rings is 1. The van der Waals surface area contributed by atoms with Crippen molar-refractivity contribution in [3.8, 4) is 0 Å². The van der Waals surface area contributed by atoms with E-state index in [0.29, 0.717) is 0 Å². The Morgan fingerprint density at radius 2 is 2.24 bits per heavy atom. The number of aromatic nitrogens is 2. The van der Waals surface area contributed by atoms with Crippen molar-refractivity contribution in [1.29, 1.82) is 0 Å². The van der Waals surface area contributed by atoms with Crippen LogP contribution in [0.15, 0.2) is 18.2 Å². The first-order valence-electron chi connectivity index (χ1n) is 6.02. The predicted octanol–water partition coefficient (Wildman–Crippen LogP) is 1.80. The standard InChI is InChI=1S/C13H17N3O/c1-9-15-11-7-10(14)3-4-12(11)16(9)13(8-17)5-2-6-13/h3-4,7,17H,2,5-6,8,14H2,1H3. The molecule has 0 saturated heterocycles. The fourth-order valence-corrected chi connectivity index (χ4v) is 2.85. The van der Waals surface area contributed by atoms with Gasteiger partial charge in [0.2, 0.25) is 0 Å². The molecule has 0 radical (unpaired) electrons. The van der Waals surface area contributed by atoms with Crippen molar-refractivity contribution in [2.24, 2.45) is 0 Å². The zero-order valence-electron chi connectivity index (χ0n) is 9.98. The van der Waals surface area contributed by atoms with Crippen LogP contribution in [0.1, 0.15) is 25.1 Å². The zero-order chi connectivity index (χ0) is 12.0. The van der Waals surface area contributed by atoms with Crippen LogP contribution in [0.25, 0.3) is 11.0 Å². The van der Waals surface area contributed by atoms with Gasteiger partial charge in [-0.2, -0.15) is 0 Å². The average molecular weight is 231 g/mol. The fourth-order valence-electron chi connectivity index (χ4n) is 2.85. The molecule has 1 fully saturated rings. The largest absolute Gasteiger partial charge is 0.399 e. The molecule has 0 amide bonds. The summed E-state index contributed by atoms with van der Waals surface area (Å²) in [5.74, 6) is 0.958. The predicted molar refractivity (Wildman–Crippen MR) is 67.8 cm³/mol. The lowest BCUT2D eigenvalue weighted by Crippen LogP contribution is -2.44. The van der Waals surface area contributed by atoms with E-state index in [1.54, 1.807) is 0 Å². The third-order valence-electron chi connectivity index (χ3n) is 3.90. The van der Waals surface area contributed by atoms with Gasteiger partial charge in [0.1, 0.15) is 5.82 Å². The molecule has 3 N–H and O–H groups in total. The van der Waals surface area contributed by atoms with Gasteiger partial charge in [-0.1, -0.05) is 0 Å². The van der Waals surface area contributed by atoms with Crippen molar-refractivity contribution in [2.75, 3.05) is 12.3 Å². The van der Waals surface area contributed by atoms with Crippen molar-refractivity contribution >= 4 is 16.7 Å². The van der Waals surface area contributed by atoms with Gasteiger partial charge in [0.25, 0.3) is 0 Å². The van der Waals surface area contributed by atoms with E-state index in [1.807, 2.05) is 25.1 Å². The molecule has 0 bridgehead atoms. The summed E-state index contributed by atoms with van der Waals surface area (Å²) >= 11 is 0. The number of nitrogens with two attached hydrogens (primary N) is 1. The van der Waals surface area contributed by atoms with E-state index in [4.69, 9.17) is 5.73 Å². The first kappa shape index (κ1) is 10.6. The highest BCUT2D eigenvalue weighted by Crippen LogP contribution is 2.41. The van der Waals surface area contributed by atoms with Gasteiger partial charge in [-0.3, -0.25) is 0 Å². The summed E-state index contributed by atoms with van der Waals surface area (Å²) in [5, 5.41) is 9.67. The third kappa shape index (κ3) is 1.37. The van der Waals surface area contributed by atoms with Gasteiger partial charge in [-0.25, -0.2) is 4.98 Å². The molecule has 17 heavy (non-hydrogen) atoms. The van der Waals surface area contributed by atoms with Crippen LogP contribution in [-0.2, 0) is 5.54 Å². The topological polar surface area (TPSA) is 64.1 Å². The summed E-state index contributed by atoms with van der Waals surface area (Å²) in [6.45, 7) is 2.18. The molecule has 0 spiro atoms. The number of nitrogen functional groups attached to an aromatic ring is 1. The molecule has 2 aromatic rings. The number of hydrogen-bond donors (Lipinski definition) is 2. The monoisotopic (exact) mass is 231 g/mol. The Morgan fingerprint density at radius 3 is 2.82 bits per heavy atom. The molecule has 1 aromatic carbocycles. The Bertz CT molecular complexity index is 564. The van der Waals surface area contributed by atoms with Crippen LogP contribution in [0.5, 0.6) is 0 Å². The molecule has 1 aliphatic rings. The van der Waals surface area contributed by atoms with E-state index in [9.17, 15) is 5.11 Å². The van der Waals surface area contributed by atoms with Crippen LogP contribution in [-0.4, -0.2) is 21.3 Å². The van der Waals surface area contributed by atoms with Crippen LogP contribution in [0, 0.1) is 6.92 Å². The van der Waals surface area contributed by atoms with E-state index < -0.39 is 0 Å². The maximum atomic E-state index is 9.67. The number of anilines is 1. The average Bonchev–Trinajstić information content (AvgIpc) is 2.55. The molecule has 90 valence electrons. The lowest BCUT2D eigenvalue weighted by atomic mass is 9.77. The molecule has 4 heteroatoms. The highest BCUT2D eigenvalue weighted by Gasteiger charge is 2.40. The summed E-state index contributed by atoms with van der Waals surface area (Å²) in [4.78, 5) is 4.54. The molecule has 4 nitrogen and oxygen atoms in total. The van der Waals surface area contributed by atoms with Gasteiger partial charge in [-0.05, 0) is 44.4 Å². The molecular weight excluding hydrogens is 214 g/mol. The number of fused-ring (bicyclic) bond motifs is 1. The Kier molecular flexibility index (Phi) is 2.16. The number of hydrogen-bond acceptors (Lipinski definition) is 3. The van der Waals surface area contributed by atoms with E-state index in [0.717, 1.165) is 35.4 Å². The zero-order valence-corrected chi connectivity index (χ0v) is 9.98. The number of aliphatic hydroxyl groups excluding tert-OH is 1. The van der Waals surface area contributed by atoms with Gasteiger partial charge >= 0.3 is 0 Å². The molecule has 1 aromatic heterocycles. The highest BCUT2D eigenvalue weighted by molar-refractivity contribution is 5.80. The normalized spacial score (nSPS) is 18.2. The molecule has 1 aliphatic carbocycles. The van der Waals surface area contributed by atoms with Crippen LogP contribution in [0.4, 0.5) is 5.69 Å². The van der Waals surface area contributed by atoms with E-state index in [1.165, 1.54) is 6.42 Å². The molecule has 3 rings (SSSR count). The minimum Gasteiger partial charge on any atom is -0.399 e. The van der Waals surface area contributed by atoms with Gasteiger partial charge < -0.3 is 15.4 Å². The number of aliphatic hydroxyl groups is 1. The SMILES string of the molecule is Cc1nc2cc(N)ccc2n1C1(CO)CCC1. The first-order chi connectivity index (χ1) is 8.16. The highest BCUT2D eigenvalue weighted by atomic mass is 16.3. The molecule has 0 unspecified atom stereocenters. The van der Waals surface area contributed by atoms with Crippen molar-refractivity contribution in [1.82, 2.24) is 9.55 Å². The second kappa shape index (κ2) is 3.47. The number of nitrogens with zero attached hydrogens (tertiary/aromatic N) is 2. The lowest BCUT2D eigenvalue weighted by molar-refractivity contribution is 0.0571. The maximum absolute atomic E-state index is 9.67. The van der Waals surface area contributed by atoms with E-state index in [2.05, 4.69) is 9.55 Å². The molecule has 1 saturated carbocycles. The number of rotatable bonds is 2. The smallest absolute Gasteiger partial charge is 0.107 e. The van der Waals surface area contributed by atoms with Crippen molar-refractivity contribution in [2.45, 2.75) is 31.7 Å². The first-order valence-corrected chi connectivity index (χ1v) is 6.02. The van der Waals surface area contributed by atoms with E-state index >= 15 is 0 Å². The quantitative estimate of drug-likeness (QED) is 0.775. The summed E-state index contributed by atoms with van der Waals surface area (Å²) in [6.07, 6.45) is 3.23. The van der Waals surface area contributed by atoms with Crippen LogP contribution in [0.2, 0.25) is 0 Å². The second-order valence-electron chi connectivity index (χ2n) is 4.98. The van der Waals surface area contributed by atoms with Crippen LogP contribution in [0.3, 0.4) is 0 Å². The minimum absolute atomic E-state index is 0.130. The Morgan fingerprint density at radius 1 is 1.47 bits per heavy atom. The van der Waals surface area contributed by atoms with Crippen LogP contribution < -0.4 is 5.73 Å². The number of aryl methyl sites for hydroxylation is 1. The molecule has 0 atom stereocenters. The maximum Gasteiger partial charge on any atom is 0.107 e. The van der Waals surface area contributed by atoms with Crippen molar-refractivity contribution in [3.63, 3.8) is 0 Å². The Hall–Kier alpha value is -1.55. The van der Waals surface area contributed by atoms with Gasteiger partial charge in [-0.15, -0.1) is 0 Å². The lowest BCUT2D eigenvalue weighted by Gasteiger charge is -2.42. The van der Waals surface area contributed by atoms with Crippen molar-refractivity contribution in [3.05, 3.63) is 24.0 Å². The molecular formula is C13H17N3O. The minimum atomic E-state index is -0.130. The third-order valence-corrected chi connectivity index (χ3v) is 3.90. The van der Waals surface area contributed by atoms with Gasteiger partial charge in [0, 0.05) is 5.69 Å².